The van der Waals surface area contributed by atoms with E-state index >= 15 is 0 Å². The normalized spacial score (nSPS) is 10.2. The highest BCUT2D eigenvalue weighted by atomic mass is 16.5. The summed E-state index contributed by atoms with van der Waals surface area (Å²) < 4.78 is 7.33. The van der Waals surface area contributed by atoms with E-state index in [2.05, 4.69) is 16.3 Å². The summed E-state index contributed by atoms with van der Waals surface area (Å²) in [5.41, 5.74) is 2.35. The molecule has 1 N–H and O–H groups in total. The molecule has 0 saturated heterocycles. The van der Waals surface area contributed by atoms with Crippen LogP contribution < -0.4 is 10.1 Å². The van der Waals surface area contributed by atoms with E-state index in [1.165, 1.54) is 5.56 Å². The van der Waals surface area contributed by atoms with Gasteiger partial charge in [0.05, 0.1) is 6.20 Å². The largest absolute Gasteiger partial charge is 0.481 e. The van der Waals surface area contributed by atoms with Crippen molar-refractivity contribution in [2.24, 2.45) is 7.05 Å². The first kappa shape index (κ1) is 14.2. The summed E-state index contributed by atoms with van der Waals surface area (Å²) in [6.07, 6.45) is 10.1. The van der Waals surface area contributed by atoms with Crippen molar-refractivity contribution in [3.05, 3.63) is 47.8 Å². The highest BCUT2D eigenvalue weighted by Gasteiger charge is 2.02. The first-order chi connectivity index (χ1) is 9.79. The fourth-order valence-electron chi connectivity index (χ4n) is 1.97. The van der Waals surface area contributed by atoms with Gasteiger partial charge in [-0.25, -0.2) is 0 Å². The van der Waals surface area contributed by atoms with Gasteiger partial charge in [0.25, 0.3) is 0 Å². The lowest BCUT2D eigenvalue weighted by Gasteiger charge is -2.10. The molecule has 0 saturated carbocycles. The molecule has 104 valence electrons. The third-order valence-electron chi connectivity index (χ3n) is 2.95. The zero-order valence-electron chi connectivity index (χ0n) is 11.7. The Balaban J connectivity index is 1.80. The second kappa shape index (κ2) is 7.37. The highest BCUT2D eigenvalue weighted by Crippen LogP contribution is 2.17. The maximum Gasteiger partial charge on any atom is 0.148 e. The molecule has 0 amide bonds. The summed E-state index contributed by atoms with van der Waals surface area (Å²) in [5, 5.41) is 7.56. The Hall–Kier alpha value is -2.25. The molecule has 2 aromatic rings. The average Bonchev–Trinajstić information content (AvgIpc) is 2.88. The lowest BCUT2D eigenvalue weighted by Crippen LogP contribution is -2.17. The number of nitrogens with zero attached hydrogens (tertiary/aromatic N) is 2. The Morgan fingerprint density at radius 3 is 3.00 bits per heavy atom. The second-order valence-corrected chi connectivity index (χ2v) is 4.55. The van der Waals surface area contributed by atoms with Gasteiger partial charge in [0.2, 0.25) is 0 Å². The van der Waals surface area contributed by atoms with Gasteiger partial charge in [-0.2, -0.15) is 5.10 Å². The molecule has 0 bridgehead atoms. The smallest absolute Gasteiger partial charge is 0.148 e. The van der Waals surface area contributed by atoms with Gasteiger partial charge in [-0.15, -0.1) is 6.42 Å². The molecule has 0 spiro atoms. The average molecular weight is 269 g/mol. The van der Waals surface area contributed by atoms with Gasteiger partial charge in [0, 0.05) is 25.4 Å². The Labute approximate surface area is 119 Å². The van der Waals surface area contributed by atoms with E-state index in [1.807, 2.05) is 48.4 Å². The van der Waals surface area contributed by atoms with E-state index in [0.29, 0.717) is 6.61 Å². The number of nitrogens with one attached hydrogen (secondary N) is 1. The van der Waals surface area contributed by atoms with E-state index in [9.17, 15) is 0 Å². The molecule has 0 aliphatic heterocycles. The van der Waals surface area contributed by atoms with Crippen molar-refractivity contribution in [1.29, 1.82) is 0 Å². The predicted octanol–water partition coefficient (Wildman–Crippen LogP) is 1.76. The van der Waals surface area contributed by atoms with Crippen LogP contribution in [0.3, 0.4) is 0 Å². The van der Waals surface area contributed by atoms with Crippen molar-refractivity contribution in [2.45, 2.75) is 13.0 Å². The van der Waals surface area contributed by atoms with Crippen molar-refractivity contribution in [3.8, 4) is 18.1 Å². The van der Waals surface area contributed by atoms with Crippen LogP contribution in [0.4, 0.5) is 0 Å². The molecule has 0 aliphatic carbocycles. The molecule has 20 heavy (non-hydrogen) atoms. The Kier molecular flexibility index (Phi) is 5.22. The van der Waals surface area contributed by atoms with Gasteiger partial charge < -0.3 is 10.1 Å². The number of aromatic nitrogens is 2. The maximum atomic E-state index is 5.52. The molecule has 0 radical (unpaired) electrons. The number of rotatable bonds is 7. The van der Waals surface area contributed by atoms with Crippen molar-refractivity contribution < 1.29 is 4.74 Å². The highest BCUT2D eigenvalue weighted by molar-refractivity contribution is 5.33. The summed E-state index contributed by atoms with van der Waals surface area (Å²) in [6.45, 7) is 1.96. The Bertz CT molecular complexity index is 583. The van der Waals surface area contributed by atoms with Crippen molar-refractivity contribution in [1.82, 2.24) is 15.1 Å². The third-order valence-corrected chi connectivity index (χ3v) is 2.95. The molecular formula is C16H19N3O. The van der Waals surface area contributed by atoms with Crippen LogP contribution in [0.25, 0.3) is 0 Å². The third kappa shape index (κ3) is 4.15. The monoisotopic (exact) mass is 269 g/mol. The molecule has 0 unspecified atom stereocenters. The van der Waals surface area contributed by atoms with Crippen LogP contribution in [0.2, 0.25) is 0 Å². The van der Waals surface area contributed by atoms with Crippen molar-refractivity contribution in [3.63, 3.8) is 0 Å². The minimum absolute atomic E-state index is 0.298. The molecule has 0 aliphatic rings. The summed E-state index contributed by atoms with van der Waals surface area (Å²) in [4.78, 5) is 0. The number of aryl methyl sites for hydroxylation is 1. The Morgan fingerprint density at radius 2 is 2.25 bits per heavy atom. The summed E-state index contributed by atoms with van der Waals surface area (Å²) in [6, 6.07) is 7.93. The minimum atomic E-state index is 0.298. The summed E-state index contributed by atoms with van der Waals surface area (Å²) >= 11 is 0. The molecule has 1 aromatic heterocycles. The number of hydrogen-bond donors (Lipinski definition) is 1. The van der Waals surface area contributed by atoms with E-state index in [0.717, 1.165) is 30.8 Å². The first-order valence-electron chi connectivity index (χ1n) is 6.62. The van der Waals surface area contributed by atoms with Crippen LogP contribution in [-0.4, -0.2) is 22.9 Å². The van der Waals surface area contributed by atoms with E-state index in [1.54, 1.807) is 0 Å². The zero-order chi connectivity index (χ0) is 14.2. The van der Waals surface area contributed by atoms with E-state index < -0.39 is 0 Å². The molecule has 4 nitrogen and oxygen atoms in total. The van der Waals surface area contributed by atoms with Crippen LogP contribution in [0, 0.1) is 12.3 Å². The second-order valence-electron chi connectivity index (χ2n) is 4.55. The lowest BCUT2D eigenvalue weighted by molar-refractivity contribution is 0.365. The van der Waals surface area contributed by atoms with Crippen molar-refractivity contribution in [2.75, 3.05) is 13.2 Å². The van der Waals surface area contributed by atoms with Gasteiger partial charge in [-0.05, 0) is 24.6 Å². The fraction of sp³-hybridized carbons (Fsp3) is 0.312. The topological polar surface area (TPSA) is 39.1 Å². The van der Waals surface area contributed by atoms with Gasteiger partial charge >= 0.3 is 0 Å². The molecule has 0 atom stereocenters. The van der Waals surface area contributed by atoms with E-state index in [-0.39, 0.29) is 0 Å². The lowest BCUT2D eigenvalue weighted by atomic mass is 10.2. The summed E-state index contributed by atoms with van der Waals surface area (Å²) in [5.74, 6) is 3.33. The number of para-hydroxylation sites is 1. The number of hydrogen-bond acceptors (Lipinski definition) is 3. The standard InChI is InChI=1S/C16H19N3O/c1-3-10-20-16-7-5-4-6-15(16)12-17-9-8-14-11-18-19(2)13-14/h1,4-7,11,13,17H,8-10,12H2,2H3. The fourth-order valence-corrected chi connectivity index (χ4v) is 1.97. The number of benzene rings is 1. The van der Waals surface area contributed by atoms with Crippen LogP contribution in [0.5, 0.6) is 5.75 Å². The molecule has 4 heteroatoms. The summed E-state index contributed by atoms with van der Waals surface area (Å²) in [7, 11) is 1.93. The zero-order valence-corrected chi connectivity index (χ0v) is 11.7. The SMILES string of the molecule is C#CCOc1ccccc1CNCCc1cnn(C)c1. The molecular weight excluding hydrogens is 250 g/mol. The van der Waals surface area contributed by atoms with E-state index in [4.69, 9.17) is 11.2 Å². The first-order valence-corrected chi connectivity index (χ1v) is 6.62. The van der Waals surface area contributed by atoms with Gasteiger partial charge in [0.1, 0.15) is 12.4 Å². The number of terminal acetylenes is 1. The van der Waals surface area contributed by atoms with Crippen LogP contribution in [-0.2, 0) is 20.0 Å². The maximum absolute atomic E-state index is 5.52. The van der Waals surface area contributed by atoms with Crippen molar-refractivity contribution >= 4 is 0 Å². The van der Waals surface area contributed by atoms with Crippen LogP contribution in [0.15, 0.2) is 36.7 Å². The number of ether oxygens (including phenoxy) is 1. The predicted molar refractivity (Wildman–Crippen MR) is 79.4 cm³/mol. The van der Waals surface area contributed by atoms with Gasteiger partial charge in [0.15, 0.2) is 0 Å². The molecule has 1 aromatic carbocycles. The van der Waals surface area contributed by atoms with Crippen LogP contribution >= 0.6 is 0 Å². The van der Waals surface area contributed by atoms with Gasteiger partial charge in [-0.1, -0.05) is 24.1 Å². The molecule has 1 heterocycles. The van der Waals surface area contributed by atoms with Crippen LogP contribution in [0.1, 0.15) is 11.1 Å². The minimum Gasteiger partial charge on any atom is -0.481 e. The molecule has 0 fully saturated rings. The quantitative estimate of drug-likeness (QED) is 0.615. The van der Waals surface area contributed by atoms with Gasteiger partial charge in [-0.3, -0.25) is 4.68 Å². The Morgan fingerprint density at radius 1 is 1.40 bits per heavy atom. The molecule has 2 rings (SSSR count).